The van der Waals surface area contributed by atoms with E-state index in [2.05, 4.69) is 11.8 Å². The van der Waals surface area contributed by atoms with E-state index in [1.165, 1.54) is 6.42 Å². The molecule has 3 rings (SSSR count). The van der Waals surface area contributed by atoms with Gasteiger partial charge in [0.15, 0.2) is 0 Å². The lowest BCUT2D eigenvalue weighted by Crippen LogP contribution is -2.53. The monoisotopic (exact) mass is 397 g/mol. The number of piperazine rings is 1. The Morgan fingerprint density at radius 2 is 1.77 bits per heavy atom. The Balaban J connectivity index is 1.51. The number of hydrogen-bond donors (Lipinski definition) is 0. The van der Waals surface area contributed by atoms with Gasteiger partial charge in [0.1, 0.15) is 0 Å². The summed E-state index contributed by atoms with van der Waals surface area (Å²) in [4.78, 5) is 31.1. The van der Waals surface area contributed by atoms with Crippen molar-refractivity contribution in [1.82, 2.24) is 14.7 Å². The van der Waals surface area contributed by atoms with Crippen molar-refractivity contribution in [3.63, 3.8) is 0 Å². The van der Waals surface area contributed by atoms with Crippen molar-refractivity contribution in [3.8, 4) is 0 Å². The van der Waals surface area contributed by atoms with Gasteiger partial charge in [-0.15, -0.1) is 0 Å². The van der Waals surface area contributed by atoms with Gasteiger partial charge in [0, 0.05) is 44.3 Å². The summed E-state index contributed by atoms with van der Waals surface area (Å²) < 4.78 is 0. The van der Waals surface area contributed by atoms with E-state index in [-0.39, 0.29) is 11.8 Å². The van der Waals surface area contributed by atoms with Gasteiger partial charge in [0.2, 0.25) is 5.91 Å². The average Bonchev–Trinajstić information content (AvgIpc) is 2.64. The van der Waals surface area contributed by atoms with Gasteiger partial charge in [0.05, 0.1) is 16.6 Å². The number of likely N-dealkylation sites (tertiary alicyclic amines) is 1. The van der Waals surface area contributed by atoms with E-state index in [1.54, 1.807) is 18.2 Å². The molecule has 1 aromatic carbocycles. The summed E-state index contributed by atoms with van der Waals surface area (Å²) in [5.74, 6) is 0.167. The third-order valence-electron chi connectivity index (χ3n) is 5.31. The van der Waals surface area contributed by atoms with Crippen molar-refractivity contribution < 1.29 is 9.59 Å². The standard InChI is InChI=1S/C19H25Cl2N3O2/c1-14-4-2-3-7-24(14)18(25)13-22-8-10-23(11-9-22)19(26)15-5-6-16(20)17(21)12-15/h5-6,12,14H,2-4,7-11,13H2,1H3. The molecule has 2 heterocycles. The van der Waals surface area contributed by atoms with Crippen LogP contribution in [0.5, 0.6) is 0 Å². The third kappa shape index (κ3) is 4.51. The molecular weight excluding hydrogens is 373 g/mol. The number of halogens is 2. The number of benzene rings is 1. The zero-order chi connectivity index (χ0) is 18.7. The van der Waals surface area contributed by atoms with Crippen LogP contribution >= 0.6 is 23.2 Å². The topological polar surface area (TPSA) is 43.9 Å². The maximum atomic E-state index is 12.6. The molecule has 0 radical (unpaired) electrons. The van der Waals surface area contributed by atoms with Crippen LogP contribution in [-0.2, 0) is 4.79 Å². The van der Waals surface area contributed by atoms with Crippen LogP contribution in [0.3, 0.4) is 0 Å². The number of carbonyl (C=O) groups excluding carboxylic acids is 2. The van der Waals surface area contributed by atoms with Crippen LogP contribution in [0.1, 0.15) is 36.5 Å². The fraction of sp³-hybridized carbons (Fsp3) is 0.579. The molecule has 0 spiro atoms. The molecule has 0 N–H and O–H groups in total. The fourth-order valence-electron chi connectivity index (χ4n) is 3.67. The van der Waals surface area contributed by atoms with Gasteiger partial charge in [-0.05, 0) is 44.4 Å². The number of hydrogen-bond acceptors (Lipinski definition) is 3. The molecule has 0 aromatic heterocycles. The van der Waals surface area contributed by atoms with E-state index in [9.17, 15) is 9.59 Å². The molecule has 26 heavy (non-hydrogen) atoms. The Kier molecular flexibility index (Phi) is 6.43. The summed E-state index contributed by atoms with van der Waals surface area (Å²) in [5, 5.41) is 0.830. The van der Waals surface area contributed by atoms with Crippen molar-refractivity contribution in [2.75, 3.05) is 39.3 Å². The van der Waals surface area contributed by atoms with Crippen molar-refractivity contribution in [3.05, 3.63) is 33.8 Å². The molecule has 0 saturated carbocycles. The molecule has 142 valence electrons. The minimum atomic E-state index is -0.0424. The first-order valence-corrected chi connectivity index (χ1v) is 9.97. The number of amides is 2. The summed E-state index contributed by atoms with van der Waals surface area (Å²) in [7, 11) is 0. The molecule has 2 aliphatic heterocycles. The van der Waals surface area contributed by atoms with Gasteiger partial charge in [-0.25, -0.2) is 0 Å². The van der Waals surface area contributed by atoms with Crippen molar-refractivity contribution in [2.24, 2.45) is 0 Å². The largest absolute Gasteiger partial charge is 0.339 e. The Morgan fingerprint density at radius 3 is 2.42 bits per heavy atom. The maximum absolute atomic E-state index is 12.6. The second-order valence-electron chi connectivity index (χ2n) is 7.13. The maximum Gasteiger partial charge on any atom is 0.253 e. The Morgan fingerprint density at radius 1 is 1.04 bits per heavy atom. The van der Waals surface area contributed by atoms with Crippen LogP contribution in [0.4, 0.5) is 0 Å². The van der Waals surface area contributed by atoms with E-state index in [4.69, 9.17) is 23.2 Å². The van der Waals surface area contributed by atoms with Gasteiger partial charge in [-0.2, -0.15) is 0 Å². The van der Waals surface area contributed by atoms with Crippen LogP contribution in [0.25, 0.3) is 0 Å². The van der Waals surface area contributed by atoms with Gasteiger partial charge in [0.25, 0.3) is 5.91 Å². The van der Waals surface area contributed by atoms with E-state index < -0.39 is 0 Å². The molecule has 2 fully saturated rings. The predicted molar refractivity (Wildman–Crippen MR) is 104 cm³/mol. The summed E-state index contributed by atoms with van der Waals surface area (Å²) in [5.41, 5.74) is 0.547. The molecule has 5 nitrogen and oxygen atoms in total. The highest BCUT2D eigenvalue weighted by atomic mass is 35.5. The molecule has 1 unspecified atom stereocenters. The zero-order valence-corrected chi connectivity index (χ0v) is 16.6. The summed E-state index contributed by atoms with van der Waals surface area (Å²) >= 11 is 11.9. The second-order valence-corrected chi connectivity index (χ2v) is 7.94. The van der Waals surface area contributed by atoms with E-state index in [1.807, 2.05) is 9.80 Å². The highest BCUT2D eigenvalue weighted by Crippen LogP contribution is 2.23. The second kappa shape index (κ2) is 8.59. The Bertz CT molecular complexity index is 675. The first-order chi connectivity index (χ1) is 12.5. The normalized spacial score (nSPS) is 21.7. The first-order valence-electron chi connectivity index (χ1n) is 9.22. The molecule has 1 aromatic rings. The molecule has 2 amide bonds. The Hall–Kier alpha value is -1.30. The number of rotatable bonds is 3. The minimum absolute atomic E-state index is 0.0424. The van der Waals surface area contributed by atoms with Gasteiger partial charge < -0.3 is 9.80 Å². The lowest BCUT2D eigenvalue weighted by atomic mass is 10.0. The van der Waals surface area contributed by atoms with Crippen LogP contribution in [0.15, 0.2) is 18.2 Å². The SMILES string of the molecule is CC1CCCCN1C(=O)CN1CCN(C(=O)c2ccc(Cl)c(Cl)c2)CC1. The summed E-state index contributed by atoms with van der Waals surface area (Å²) in [6.07, 6.45) is 3.40. The molecule has 0 aliphatic carbocycles. The fourth-order valence-corrected chi connectivity index (χ4v) is 3.97. The van der Waals surface area contributed by atoms with E-state index >= 15 is 0 Å². The molecule has 2 aliphatic rings. The molecular formula is C19H25Cl2N3O2. The quantitative estimate of drug-likeness (QED) is 0.786. The van der Waals surface area contributed by atoms with E-state index in [0.29, 0.717) is 54.4 Å². The minimum Gasteiger partial charge on any atom is -0.339 e. The third-order valence-corrected chi connectivity index (χ3v) is 6.05. The number of piperidine rings is 1. The van der Waals surface area contributed by atoms with Crippen molar-refractivity contribution in [1.29, 1.82) is 0 Å². The van der Waals surface area contributed by atoms with Crippen LogP contribution in [0.2, 0.25) is 10.0 Å². The molecule has 1 atom stereocenters. The number of carbonyl (C=O) groups is 2. The van der Waals surface area contributed by atoms with Crippen LogP contribution in [0, 0.1) is 0 Å². The molecule has 7 heteroatoms. The molecule has 2 saturated heterocycles. The predicted octanol–water partition coefficient (Wildman–Crippen LogP) is 3.15. The highest BCUT2D eigenvalue weighted by molar-refractivity contribution is 6.42. The van der Waals surface area contributed by atoms with E-state index in [0.717, 1.165) is 19.4 Å². The van der Waals surface area contributed by atoms with Crippen LogP contribution in [-0.4, -0.2) is 71.8 Å². The Labute approximate surface area is 164 Å². The molecule has 0 bridgehead atoms. The van der Waals surface area contributed by atoms with Gasteiger partial charge in [-0.1, -0.05) is 23.2 Å². The van der Waals surface area contributed by atoms with Gasteiger partial charge >= 0.3 is 0 Å². The summed E-state index contributed by atoms with van der Waals surface area (Å²) in [6.45, 7) is 6.09. The highest BCUT2D eigenvalue weighted by Gasteiger charge is 2.27. The average molecular weight is 398 g/mol. The first kappa shape index (κ1) is 19.5. The lowest BCUT2D eigenvalue weighted by Gasteiger charge is -2.38. The summed E-state index contributed by atoms with van der Waals surface area (Å²) in [6, 6.07) is 5.30. The van der Waals surface area contributed by atoms with Crippen LogP contribution < -0.4 is 0 Å². The van der Waals surface area contributed by atoms with Crippen molar-refractivity contribution >= 4 is 35.0 Å². The smallest absolute Gasteiger partial charge is 0.253 e. The lowest BCUT2D eigenvalue weighted by molar-refractivity contribution is -0.136. The zero-order valence-electron chi connectivity index (χ0n) is 15.1. The van der Waals surface area contributed by atoms with Crippen molar-refractivity contribution in [2.45, 2.75) is 32.2 Å². The number of nitrogens with zero attached hydrogens (tertiary/aromatic N) is 3. The van der Waals surface area contributed by atoms with Gasteiger partial charge in [-0.3, -0.25) is 14.5 Å².